The van der Waals surface area contributed by atoms with E-state index in [-0.39, 0.29) is 31.8 Å². The van der Waals surface area contributed by atoms with Crippen LogP contribution >= 0.6 is 0 Å². The SMILES string of the molecule is CCOC(=O)C1CC(C(=O)OCC)OC2(CC(C)(C)N(OC(C)c3ccc(OCC4CO4)cc3)C(C)(C)C2)O1. The normalized spacial score (nSPS) is 27.9. The Morgan fingerprint density at radius 3 is 1.92 bits per heavy atom. The van der Waals surface area contributed by atoms with Gasteiger partial charge in [-0.1, -0.05) is 12.1 Å². The van der Waals surface area contributed by atoms with Gasteiger partial charge in [0.05, 0.1) is 19.8 Å². The summed E-state index contributed by atoms with van der Waals surface area (Å²) in [6.45, 7) is 15.4. The van der Waals surface area contributed by atoms with Crippen LogP contribution in [0.1, 0.15) is 79.4 Å². The van der Waals surface area contributed by atoms with Crippen molar-refractivity contribution in [2.24, 2.45) is 0 Å². The molecule has 218 valence electrons. The van der Waals surface area contributed by atoms with Crippen molar-refractivity contribution in [2.45, 2.75) is 109 Å². The second kappa shape index (κ2) is 11.7. The monoisotopic (exact) mass is 549 g/mol. The van der Waals surface area contributed by atoms with Gasteiger partial charge in [-0.15, -0.1) is 0 Å². The van der Waals surface area contributed by atoms with E-state index in [1.807, 2.05) is 63.9 Å². The fourth-order valence-corrected chi connectivity index (χ4v) is 5.80. The average Bonchev–Trinajstić information content (AvgIpc) is 3.69. The number of hydrogen-bond acceptors (Lipinski definition) is 10. The van der Waals surface area contributed by atoms with E-state index < -0.39 is 41.0 Å². The Hall–Kier alpha value is -2.24. The third-order valence-electron chi connectivity index (χ3n) is 7.20. The molecule has 0 bridgehead atoms. The first-order valence-corrected chi connectivity index (χ1v) is 13.9. The zero-order valence-corrected chi connectivity index (χ0v) is 24.2. The molecule has 1 aromatic carbocycles. The van der Waals surface area contributed by atoms with Crippen molar-refractivity contribution in [3.63, 3.8) is 0 Å². The van der Waals surface area contributed by atoms with E-state index in [2.05, 4.69) is 0 Å². The van der Waals surface area contributed by atoms with Crippen molar-refractivity contribution in [1.29, 1.82) is 0 Å². The summed E-state index contributed by atoms with van der Waals surface area (Å²) in [5.74, 6) is -1.42. The van der Waals surface area contributed by atoms with Gasteiger partial charge in [0, 0.05) is 30.3 Å². The van der Waals surface area contributed by atoms with Crippen LogP contribution in [0.15, 0.2) is 24.3 Å². The van der Waals surface area contributed by atoms with Crippen LogP contribution in [0.25, 0.3) is 0 Å². The van der Waals surface area contributed by atoms with Gasteiger partial charge in [0.15, 0.2) is 18.0 Å². The van der Waals surface area contributed by atoms with Gasteiger partial charge in [-0.2, -0.15) is 5.06 Å². The number of rotatable bonds is 10. The Balaban J connectivity index is 1.50. The lowest BCUT2D eigenvalue weighted by Gasteiger charge is -2.59. The first-order valence-electron chi connectivity index (χ1n) is 13.9. The molecule has 0 aliphatic carbocycles. The molecule has 0 saturated carbocycles. The Kier molecular flexibility index (Phi) is 8.92. The molecule has 3 aliphatic rings. The van der Waals surface area contributed by atoms with Gasteiger partial charge >= 0.3 is 11.9 Å². The number of piperidine rings is 1. The molecule has 3 saturated heterocycles. The summed E-state index contributed by atoms with van der Waals surface area (Å²) in [6.07, 6.45) is -1.14. The van der Waals surface area contributed by atoms with E-state index in [1.165, 1.54) is 0 Å². The molecule has 10 nitrogen and oxygen atoms in total. The van der Waals surface area contributed by atoms with Gasteiger partial charge in [0.1, 0.15) is 24.6 Å². The number of hydroxylamine groups is 2. The third-order valence-corrected chi connectivity index (χ3v) is 7.20. The number of ether oxygens (including phenoxy) is 6. The molecule has 3 heterocycles. The molecular weight excluding hydrogens is 506 g/mol. The smallest absolute Gasteiger partial charge is 0.335 e. The topological polar surface area (TPSA) is 105 Å². The van der Waals surface area contributed by atoms with Gasteiger partial charge in [-0.05, 0) is 66.2 Å². The highest BCUT2D eigenvalue weighted by atomic mass is 16.7. The van der Waals surface area contributed by atoms with Crippen LogP contribution in [0.5, 0.6) is 5.75 Å². The molecule has 1 aromatic rings. The van der Waals surface area contributed by atoms with Crippen molar-refractivity contribution >= 4 is 11.9 Å². The lowest BCUT2D eigenvalue weighted by Crippen LogP contribution is -2.69. The second-order valence-corrected chi connectivity index (χ2v) is 11.7. The molecule has 1 spiro atoms. The number of hydrogen-bond donors (Lipinski definition) is 0. The molecule has 3 fully saturated rings. The van der Waals surface area contributed by atoms with Crippen molar-refractivity contribution in [3.05, 3.63) is 29.8 Å². The molecule has 0 radical (unpaired) electrons. The Morgan fingerprint density at radius 2 is 1.46 bits per heavy atom. The molecule has 3 aliphatic heterocycles. The summed E-state index contributed by atoms with van der Waals surface area (Å²) in [5, 5.41) is 1.99. The van der Waals surface area contributed by atoms with Crippen LogP contribution in [0, 0.1) is 0 Å². The maximum atomic E-state index is 12.7. The third kappa shape index (κ3) is 7.10. The predicted octanol–water partition coefficient (Wildman–Crippen LogP) is 4.11. The van der Waals surface area contributed by atoms with E-state index in [9.17, 15) is 9.59 Å². The molecule has 4 rings (SSSR count). The van der Waals surface area contributed by atoms with Crippen LogP contribution < -0.4 is 4.74 Å². The number of benzene rings is 1. The lowest BCUT2D eigenvalue weighted by molar-refractivity contribution is -0.392. The van der Waals surface area contributed by atoms with Crippen LogP contribution in [0.3, 0.4) is 0 Å². The van der Waals surface area contributed by atoms with Crippen molar-refractivity contribution in [3.8, 4) is 5.75 Å². The van der Waals surface area contributed by atoms with E-state index in [4.69, 9.17) is 33.3 Å². The van der Waals surface area contributed by atoms with E-state index in [0.29, 0.717) is 19.4 Å². The molecular formula is C29H43NO9. The minimum atomic E-state index is -1.20. The summed E-state index contributed by atoms with van der Waals surface area (Å²) in [5.41, 5.74) is -0.162. The minimum absolute atomic E-state index is 0.0465. The Morgan fingerprint density at radius 1 is 0.949 bits per heavy atom. The first-order chi connectivity index (χ1) is 18.4. The summed E-state index contributed by atoms with van der Waals surface area (Å²) >= 11 is 0. The average molecular weight is 550 g/mol. The zero-order valence-electron chi connectivity index (χ0n) is 24.2. The molecule has 4 atom stereocenters. The van der Waals surface area contributed by atoms with Gasteiger partial charge in [0.2, 0.25) is 0 Å². The number of carbonyl (C=O) groups is 2. The summed E-state index contributed by atoms with van der Waals surface area (Å²) in [7, 11) is 0. The molecule has 10 heteroatoms. The van der Waals surface area contributed by atoms with E-state index >= 15 is 0 Å². The van der Waals surface area contributed by atoms with Gasteiger partial charge < -0.3 is 28.4 Å². The highest BCUT2D eigenvalue weighted by molar-refractivity contribution is 5.79. The Bertz CT molecular complexity index is 959. The van der Waals surface area contributed by atoms with Crippen LogP contribution in [-0.4, -0.2) is 78.6 Å². The van der Waals surface area contributed by atoms with Crippen LogP contribution in [0.4, 0.5) is 0 Å². The number of nitrogens with zero attached hydrogens (tertiary/aromatic N) is 1. The summed E-state index contributed by atoms with van der Waals surface area (Å²) in [6, 6.07) is 7.88. The minimum Gasteiger partial charge on any atom is -0.491 e. The van der Waals surface area contributed by atoms with Gasteiger partial charge in [0.25, 0.3) is 0 Å². The standard InChI is InChI=1S/C29H43NO9/c1-8-33-25(31)23-14-24(26(32)34-9-2)38-29(37-23)17-27(4,5)30(28(6,7)18-29)39-19(3)20-10-12-21(13-11-20)35-15-22-16-36-22/h10-13,19,22-24H,8-9,14-18H2,1-7H3. The molecule has 4 unspecified atom stereocenters. The fraction of sp³-hybridized carbons (Fsp3) is 0.724. The van der Waals surface area contributed by atoms with Crippen LogP contribution in [0.2, 0.25) is 0 Å². The predicted molar refractivity (Wildman–Crippen MR) is 141 cm³/mol. The largest absolute Gasteiger partial charge is 0.491 e. The number of esters is 2. The first kappa shape index (κ1) is 29.7. The molecule has 39 heavy (non-hydrogen) atoms. The Labute approximate surface area is 231 Å². The van der Waals surface area contributed by atoms with Crippen molar-refractivity contribution in [1.82, 2.24) is 5.06 Å². The number of epoxide rings is 1. The van der Waals surface area contributed by atoms with Gasteiger partial charge in [-0.3, -0.25) is 4.84 Å². The molecule has 0 N–H and O–H groups in total. The second-order valence-electron chi connectivity index (χ2n) is 11.7. The van der Waals surface area contributed by atoms with E-state index in [0.717, 1.165) is 17.9 Å². The highest BCUT2D eigenvalue weighted by Crippen LogP contribution is 2.50. The lowest BCUT2D eigenvalue weighted by atomic mass is 9.77. The van der Waals surface area contributed by atoms with Crippen molar-refractivity contribution < 1.29 is 42.8 Å². The fourth-order valence-electron chi connectivity index (χ4n) is 5.80. The maximum absolute atomic E-state index is 12.7. The maximum Gasteiger partial charge on any atom is 0.335 e. The molecule has 0 aromatic heterocycles. The quantitative estimate of drug-likeness (QED) is 0.313. The zero-order chi connectivity index (χ0) is 28.4. The van der Waals surface area contributed by atoms with Crippen molar-refractivity contribution in [2.75, 3.05) is 26.4 Å². The molecule has 0 amide bonds. The number of carbonyl (C=O) groups excluding carboxylic acids is 2. The summed E-state index contributed by atoms with van der Waals surface area (Å²) in [4.78, 5) is 32.1. The highest BCUT2D eigenvalue weighted by Gasteiger charge is 2.59. The van der Waals surface area contributed by atoms with Crippen LogP contribution in [-0.2, 0) is 38.1 Å². The van der Waals surface area contributed by atoms with Gasteiger partial charge in [-0.25, -0.2) is 9.59 Å². The van der Waals surface area contributed by atoms with E-state index in [1.54, 1.807) is 13.8 Å². The summed E-state index contributed by atoms with van der Waals surface area (Å²) < 4.78 is 34.1.